The van der Waals surface area contributed by atoms with Crippen molar-refractivity contribution in [2.45, 2.75) is 51.1 Å². The molecule has 2 aromatic rings. The summed E-state index contributed by atoms with van der Waals surface area (Å²) in [6.07, 6.45) is 4.42. The molecule has 35 heavy (non-hydrogen) atoms. The van der Waals surface area contributed by atoms with Crippen LogP contribution in [0.1, 0.15) is 50.2 Å². The highest BCUT2D eigenvalue weighted by Crippen LogP contribution is 2.44. The largest absolute Gasteiger partial charge is 0.480 e. The van der Waals surface area contributed by atoms with E-state index in [9.17, 15) is 19.5 Å². The van der Waals surface area contributed by atoms with Crippen LogP contribution in [0.15, 0.2) is 60.7 Å². The third-order valence-electron chi connectivity index (χ3n) is 6.67. The molecule has 184 valence electrons. The van der Waals surface area contributed by atoms with E-state index in [4.69, 9.17) is 4.74 Å². The molecule has 0 aromatic heterocycles. The predicted molar refractivity (Wildman–Crippen MR) is 133 cm³/mol. The molecule has 0 saturated heterocycles. The summed E-state index contributed by atoms with van der Waals surface area (Å²) in [7, 11) is 0. The van der Waals surface area contributed by atoms with Crippen molar-refractivity contribution in [1.82, 2.24) is 10.6 Å². The molecule has 0 bridgehead atoms. The maximum absolute atomic E-state index is 12.7. The van der Waals surface area contributed by atoms with Gasteiger partial charge in [0, 0.05) is 11.8 Å². The molecular formula is C28H32N2O5. The predicted octanol–water partition coefficient (Wildman–Crippen LogP) is 4.48. The topological polar surface area (TPSA) is 105 Å². The van der Waals surface area contributed by atoms with Gasteiger partial charge in [0.05, 0.1) is 6.04 Å². The first-order valence-corrected chi connectivity index (χ1v) is 12.1. The molecule has 3 N–H and O–H groups in total. The number of hydrogen-bond acceptors (Lipinski definition) is 4. The average Bonchev–Trinajstić information content (AvgIpc) is 3.16. The van der Waals surface area contributed by atoms with Crippen LogP contribution >= 0.6 is 0 Å². The van der Waals surface area contributed by atoms with Crippen LogP contribution in [-0.2, 0) is 14.3 Å². The zero-order valence-corrected chi connectivity index (χ0v) is 20.1. The number of alkyl carbamates (subject to hydrolysis) is 1. The molecule has 2 unspecified atom stereocenters. The number of carbonyl (C=O) groups is 3. The van der Waals surface area contributed by atoms with Gasteiger partial charge >= 0.3 is 12.1 Å². The molecule has 7 nitrogen and oxygen atoms in total. The SMILES string of the molecule is CC(C)C[C@H](NC(=O)C1CC=CC(NC(=O)OCC2c3ccccc3-c3ccccc32)C1)C(=O)O. The zero-order valence-electron chi connectivity index (χ0n) is 20.1. The lowest BCUT2D eigenvalue weighted by molar-refractivity contribution is -0.143. The van der Waals surface area contributed by atoms with E-state index in [2.05, 4.69) is 34.9 Å². The highest BCUT2D eigenvalue weighted by atomic mass is 16.5. The van der Waals surface area contributed by atoms with Crippen LogP contribution in [0, 0.1) is 11.8 Å². The fraction of sp³-hybridized carbons (Fsp3) is 0.393. The maximum atomic E-state index is 12.7. The Morgan fingerprint density at radius 1 is 1.03 bits per heavy atom. The minimum absolute atomic E-state index is 0.0255. The van der Waals surface area contributed by atoms with Crippen LogP contribution in [0.4, 0.5) is 4.79 Å². The van der Waals surface area contributed by atoms with E-state index in [1.165, 1.54) is 11.1 Å². The lowest BCUT2D eigenvalue weighted by Gasteiger charge is -2.26. The quantitative estimate of drug-likeness (QED) is 0.488. The van der Waals surface area contributed by atoms with E-state index in [1.54, 1.807) is 0 Å². The van der Waals surface area contributed by atoms with Crippen LogP contribution < -0.4 is 10.6 Å². The molecule has 3 atom stereocenters. The van der Waals surface area contributed by atoms with Crippen molar-refractivity contribution >= 4 is 18.0 Å². The second-order valence-electron chi connectivity index (χ2n) is 9.70. The zero-order chi connectivity index (χ0) is 24.9. The first-order valence-electron chi connectivity index (χ1n) is 12.1. The summed E-state index contributed by atoms with van der Waals surface area (Å²) in [5.74, 6) is -1.63. The number of aliphatic carboxylic acids is 1. The van der Waals surface area contributed by atoms with Crippen molar-refractivity contribution in [3.8, 4) is 11.1 Å². The summed E-state index contributed by atoms with van der Waals surface area (Å²) >= 11 is 0. The number of nitrogens with one attached hydrogen (secondary N) is 2. The van der Waals surface area contributed by atoms with E-state index in [0.29, 0.717) is 19.3 Å². The highest BCUT2D eigenvalue weighted by molar-refractivity contribution is 5.85. The van der Waals surface area contributed by atoms with Gasteiger partial charge in [-0.2, -0.15) is 0 Å². The van der Waals surface area contributed by atoms with Gasteiger partial charge in [-0.15, -0.1) is 0 Å². The number of carbonyl (C=O) groups excluding carboxylic acids is 2. The summed E-state index contributed by atoms with van der Waals surface area (Å²) in [5, 5.41) is 14.9. The number of rotatable bonds is 8. The number of ether oxygens (including phenoxy) is 1. The highest BCUT2D eigenvalue weighted by Gasteiger charge is 2.31. The molecule has 0 radical (unpaired) electrons. The number of carboxylic acids is 1. The lowest BCUT2D eigenvalue weighted by atomic mass is 9.90. The summed E-state index contributed by atoms with van der Waals surface area (Å²) < 4.78 is 5.62. The van der Waals surface area contributed by atoms with Crippen molar-refractivity contribution in [1.29, 1.82) is 0 Å². The van der Waals surface area contributed by atoms with Crippen LogP contribution in [-0.4, -0.2) is 41.8 Å². The van der Waals surface area contributed by atoms with Crippen LogP contribution in [0.3, 0.4) is 0 Å². The minimum atomic E-state index is -1.04. The van der Waals surface area contributed by atoms with Crippen LogP contribution in [0.5, 0.6) is 0 Å². The standard InChI is InChI=1S/C28H32N2O5/c1-17(2)14-25(27(32)33)30-26(31)18-8-7-9-19(15-18)29-28(34)35-16-24-22-12-5-3-10-20(22)21-11-4-6-13-23(21)24/h3-7,9-13,17-19,24-25H,8,14-16H2,1-2H3,(H,29,34)(H,30,31)(H,32,33)/t18?,19?,25-/m0/s1. The Hall–Kier alpha value is -3.61. The normalized spacial score (nSPS) is 19.5. The number of amides is 2. The van der Waals surface area contributed by atoms with Gasteiger partial charge in [-0.1, -0.05) is 74.5 Å². The van der Waals surface area contributed by atoms with Crippen LogP contribution in [0.25, 0.3) is 11.1 Å². The van der Waals surface area contributed by atoms with Gasteiger partial charge in [0.25, 0.3) is 0 Å². The summed E-state index contributed by atoms with van der Waals surface area (Å²) in [4.78, 5) is 36.8. The Balaban J connectivity index is 1.32. The summed E-state index contributed by atoms with van der Waals surface area (Å²) in [6, 6.07) is 15.0. The Bertz CT molecular complexity index is 1080. The third kappa shape index (κ3) is 5.73. The monoisotopic (exact) mass is 476 g/mol. The summed E-state index contributed by atoms with van der Waals surface area (Å²) in [5.41, 5.74) is 4.62. The first kappa shape index (κ1) is 24.5. The molecule has 0 saturated carbocycles. The smallest absolute Gasteiger partial charge is 0.407 e. The van der Waals surface area contributed by atoms with Gasteiger partial charge in [-0.05, 0) is 47.4 Å². The Morgan fingerprint density at radius 3 is 2.26 bits per heavy atom. The lowest BCUT2D eigenvalue weighted by Crippen LogP contribution is -2.46. The second kappa shape index (κ2) is 10.8. The fourth-order valence-electron chi connectivity index (χ4n) is 4.98. The molecule has 0 fully saturated rings. The Labute approximate surface area is 205 Å². The third-order valence-corrected chi connectivity index (χ3v) is 6.67. The van der Waals surface area contributed by atoms with E-state index in [0.717, 1.165) is 11.1 Å². The Kier molecular flexibility index (Phi) is 7.54. The minimum Gasteiger partial charge on any atom is -0.480 e. The molecular weight excluding hydrogens is 444 g/mol. The van der Waals surface area contributed by atoms with Crippen molar-refractivity contribution in [3.05, 3.63) is 71.8 Å². The van der Waals surface area contributed by atoms with Gasteiger partial charge in [0.15, 0.2) is 0 Å². The average molecular weight is 477 g/mol. The number of hydrogen-bond donors (Lipinski definition) is 3. The number of allylic oxidation sites excluding steroid dienone is 1. The molecule has 0 heterocycles. The first-order chi connectivity index (χ1) is 16.8. The van der Waals surface area contributed by atoms with Gasteiger partial charge in [0.1, 0.15) is 12.6 Å². The van der Waals surface area contributed by atoms with Crippen molar-refractivity contribution in [2.75, 3.05) is 6.61 Å². The second-order valence-corrected chi connectivity index (χ2v) is 9.70. The molecule has 2 aliphatic carbocycles. The maximum Gasteiger partial charge on any atom is 0.407 e. The molecule has 0 spiro atoms. The van der Waals surface area contributed by atoms with E-state index < -0.39 is 24.0 Å². The molecule has 2 amide bonds. The molecule has 4 rings (SSSR count). The van der Waals surface area contributed by atoms with Gasteiger partial charge in [-0.3, -0.25) is 4.79 Å². The fourth-order valence-corrected chi connectivity index (χ4v) is 4.98. The van der Waals surface area contributed by atoms with Gasteiger partial charge in [0.2, 0.25) is 5.91 Å². The van der Waals surface area contributed by atoms with Crippen molar-refractivity contribution in [2.24, 2.45) is 11.8 Å². The molecule has 7 heteroatoms. The van der Waals surface area contributed by atoms with Crippen LogP contribution in [0.2, 0.25) is 0 Å². The van der Waals surface area contributed by atoms with Crippen molar-refractivity contribution < 1.29 is 24.2 Å². The van der Waals surface area contributed by atoms with Crippen molar-refractivity contribution in [3.63, 3.8) is 0 Å². The Morgan fingerprint density at radius 2 is 1.66 bits per heavy atom. The number of fused-ring (bicyclic) bond motifs is 3. The summed E-state index contributed by atoms with van der Waals surface area (Å²) in [6.45, 7) is 4.05. The van der Waals surface area contributed by atoms with Gasteiger partial charge in [-0.25, -0.2) is 9.59 Å². The van der Waals surface area contributed by atoms with E-state index >= 15 is 0 Å². The van der Waals surface area contributed by atoms with E-state index in [1.807, 2.05) is 50.3 Å². The number of benzene rings is 2. The molecule has 2 aromatic carbocycles. The molecule has 0 aliphatic heterocycles. The van der Waals surface area contributed by atoms with Gasteiger partial charge < -0.3 is 20.5 Å². The van der Waals surface area contributed by atoms with E-state index in [-0.39, 0.29) is 30.4 Å². The molecule has 2 aliphatic rings. The number of carboxylic acid groups (broad SMARTS) is 1.